The molecular weight excluding hydrogens is 416 g/mol. The van der Waals surface area contributed by atoms with Gasteiger partial charge < -0.3 is 18.6 Å². The first-order valence-electron chi connectivity index (χ1n) is 12.4. The minimum absolute atomic E-state index is 0.0190. The summed E-state index contributed by atoms with van der Waals surface area (Å²) >= 11 is 0. The van der Waals surface area contributed by atoms with Crippen molar-refractivity contribution in [3.63, 3.8) is 0 Å². The molecule has 0 aromatic heterocycles. The fourth-order valence-electron chi connectivity index (χ4n) is 4.33. The van der Waals surface area contributed by atoms with Crippen molar-refractivity contribution in [3.8, 4) is 0 Å². The molecule has 4 nitrogen and oxygen atoms in total. The van der Waals surface area contributed by atoms with Crippen LogP contribution in [0, 0.1) is 0 Å². The van der Waals surface area contributed by atoms with E-state index < -0.39 is 14.1 Å². The number of benzene rings is 1. The molecule has 0 amide bonds. The first kappa shape index (κ1) is 25.6. The van der Waals surface area contributed by atoms with Crippen molar-refractivity contribution in [1.82, 2.24) is 0 Å². The zero-order valence-electron chi connectivity index (χ0n) is 21.0. The van der Waals surface area contributed by atoms with Gasteiger partial charge in [0.15, 0.2) is 14.1 Å². The fourth-order valence-corrected chi connectivity index (χ4v) is 5.37. The van der Waals surface area contributed by atoms with Crippen molar-refractivity contribution >= 4 is 8.32 Å². The van der Waals surface area contributed by atoms with Crippen molar-refractivity contribution in [2.45, 2.75) is 108 Å². The predicted molar refractivity (Wildman–Crippen MR) is 133 cm³/mol. The second kappa shape index (κ2) is 11.0. The second-order valence-corrected chi connectivity index (χ2v) is 15.8. The molecule has 5 heteroatoms. The van der Waals surface area contributed by atoms with Gasteiger partial charge >= 0.3 is 0 Å². The molecule has 32 heavy (non-hydrogen) atoms. The standard InChI is InChI=1S/C27H44O4Si/c1-22(16-19-30-32(5,6)26(2,3)4)20-24-14-15-25(27(31-24)17-10-11-18-29-27)28-21-23-12-8-7-9-13-23/h7-9,12-13,24-25H,1,10-11,14-21H2,2-6H3/t24-,25+,27+/m0/s1. The van der Waals surface area contributed by atoms with Gasteiger partial charge in [-0.25, -0.2) is 0 Å². The van der Waals surface area contributed by atoms with Crippen LogP contribution in [0.4, 0.5) is 0 Å². The summed E-state index contributed by atoms with van der Waals surface area (Å²) < 4.78 is 25.6. The van der Waals surface area contributed by atoms with E-state index >= 15 is 0 Å². The Kier molecular flexibility index (Phi) is 8.78. The SMILES string of the molecule is C=C(CCO[Si](C)(C)C(C)(C)C)C[C@@H]1CC[C@@H](OCc2ccccc2)[C@@]2(CCCCO2)O1. The lowest BCUT2D eigenvalue weighted by Crippen LogP contribution is -2.55. The van der Waals surface area contributed by atoms with Gasteiger partial charge in [-0.15, -0.1) is 0 Å². The topological polar surface area (TPSA) is 36.9 Å². The van der Waals surface area contributed by atoms with E-state index in [2.05, 4.69) is 64.7 Å². The van der Waals surface area contributed by atoms with Crippen molar-refractivity contribution in [2.75, 3.05) is 13.2 Å². The van der Waals surface area contributed by atoms with E-state index in [9.17, 15) is 0 Å². The maximum Gasteiger partial charge on any atom is 0.194 e. The van der Waals surface area contributed by atoms with E-state index in [1.54, 1.807) is 0 Å². The quantitative estimate of drug-likeness (QED) is 0.293. The van der Waals surface area contributed by atoms with Crippen molar-refractivity contribution in [3.05, 3.63) is 48.0 Å². The minimum Gasteiger partial charge on any atom is -0.417 e. The summed E-state index contributed by atoms with van der Waals surface area (Å²) in [6.07, 6.45) is 6.96. The monoisotopic (exact) mass is 460 g/mol. The summed E-state index contributed by atoms with van der Waals surface area (Å²) in [5.41, 5.74) is 2.40. The van der Waals surface area contributed by atoms with Gasteiger partial charge in [0.25, 0.3) is 0 Å². The Morgan fingerprint density at radius 3 is 2.56 bits per heavy atom. The lowest BCUT2D eigenvalue weighted by Gasteiger charge is -2.48. The van der Waals surface area contributed by atoms with Gasteiger partial charge in [0, 0.05) is 13.0 Å². The molecule has 1 spiro atoms. The van der Waals surface area contributed by atoms with Crippen LogP contribution in [0.5, 0.6) is 0 Å². The molecule has 0 unspecified atom stereocenters. The van der Waals surface area contributed by atoms with Crippen molar-refractivity contribution in [1.29, 1.82) is 0 Å². The Labute approximate surface area is 196 Å². The third-order valence-electron chi connectivity index (χ3n) is 7.41. The largest absolute Gasteiger partial charge is 0.417 e. The predicted octanol–water partition coefficient (Wildman–Crippen LogP) is 7.01. The smallest absolute Gasteiger partial charge is 0.194 e. The summed E-state index contributed by atoms with van der Waals surface area (Å²) in [5, 5.41) is 0.236. The summed E-state index contributed by atoms with van der Waals surface area (Å²) in [7, 11) is -1.71. The number of rotatable bonds is 9. The highest BCUT2D eigenvalue weighted by Gasteiger charge is 2.48. The van der Waals surface area contributed by atoms with E-state index in [1.807, 2.05) is 6.07 Å². The van der Waals surface area contributed by atoms with Crippen LogP contribution in [-0.2, 0) is 25.2 Å². The molecule has 0 aliphatic carbocycles. The van der Waals surface area contributed by atoms with E-state index in [4.69, 9.17) is 18.6 Å². The highest BCUT2D eigenvalue weighted by molar-refractivity contribution is 6.74. The molecule has 1 aromatic carbocycles. The molecular formula is C27H44O4Si. The molecule has 2 heterocycles. The van der Waals surface area contributed by atoms with Gasteiger partial charge in [-0.05, 0) is 62.2 Å². The number of hydrogen-bond acceptors (Lipinski definition) is 4. The van der Waals surface area contributed by atoms with Gasteiger partial charge in [0.05, 0.1) is 19.3 Å². The number of hydrogen-bond donors (Lipinski definition) is 0. The maximum atomic E-state index is 6.65. The average Bonchev–Trinajstić information content (AvgIpc) is 2.73. The first-order chi connectivity index (χ1) is 15.1. The zero-order chi connectivity index (χ0) is 23.2. The van der Waals surface area contributed by atoms with E-state index in [0.29, 0.717) is 6.61 Å². The Balaban J connectivity index is 1.52. The molecule has 2 saturated heterocycles. The molecule has 3 rings (SSSR count). The molecule has 2 aliphatic heterocycles. The third-order valence-corrected chi connectivity index (χ3v) is 11.9. The van der Waals surface area contributed by atoms with Crippen LogP contribution in [0.15, 0.2) is 42.5 Å². The molecule has 2 aliphatic rings. The molecule has 180 valence electrons. The molecule has 1 aromatic rings. The third kappa shape index (κ3) is 6.77. The van der Waals surface area contributed by atoms with Gasteiger partial charge in [-0.2, -0.15) is 0 Å². The second-order valence-electron chi connectivity index (χ2n) is 11.0. The van der Waals surface area contributed by atoms with Gasteiger partial charge in [0.1, 0.15) is 6.10 Å². The van der Waals surface area contributed by atoms with Crippen molar-refractivity contribution in [2.24, 2.45) is 0 Å². The Morgan fingerprint density at radius 1 is 1.16 bits per heavy atom. The van der Waals surface area contributed by atoms with Crippen LogP contribution in [0.2, 0.25) is 18.1 Å². The summed E-state index contributed by atoms with van der Waals surface area (Å²) in [5.74, 6) is -0.603. The Hall–Kier alpha value is -0.983. The van der Waals surface area contributed by atoms with Gasteiger partial charge in [-0.1, -0.05) is 63.3 Å². The first-order valence-corrected chi connectivity index (χ1v) is 15.3. The summed E-state index contributed by atoms with van der Waals surface area (Å²) in [6, 6.07) is 10.4. The van der Waals surface area contributed by atoms with Gasteiger partial charge in [-0.3, -0.25) is 0 Å². The molecule has 2 fully saturated rings. The van der Waals surface area contributed by atoms with Crippen LogP contribution in [0.3, 0.4) is 0 Å². The zero-order valence-corrected chi connectivity index (χ0v) is 22.0. The van der Waals surface area contributed by atoms with Crippen molar-refractivity contribution < 1.29 is 18.6 Å². The normalized spacial score (nSPS) is 26.9. The molecule has 3 atom stereocenters. The maximum absolute atomic E-state index is 6.65. The van der Waals surface area contributed by atoms with Crippen LogP contribution < -0.4 is 0 Å². The molecule has 0 bridgehead atoms. The van der Waals surface area contributed by atoms with Crippen LogP contribution in [0.1, 0.15) is 71.3 Å². The van der Waals surface area contributed by atoms with Gasteiger partial charge in [0.2, 0.25) is 0 Å². The lowest BCUT2D eigenvalue weighted by molar-refractivity contribution is -0.342. The van der Waals surface area contributed by atoms with E-state index in [-0.39, 0.29) is 17.2 Å². The number of ether oxygens (including phenoxy) is 3. The Morgan fingerprint density at radius 2 is 1.91 bits per heavy atom. The fraction of sp³-hybridized carbons (Fsp3) is 0.704. The van der Waals surface area contributed by atoms with Crippen LogP contribution >= 0.6 is 0 Å². The summed E-state index contributed by atoms with van der Waals surface area (Å²) in [4.78, 5) is 0. The highest BCUT2D eigenvalue weighted by atomic mass is 28.4. The minimum atomic E-state index is -1.71. The van der Waals surface area contributed by atoms with Crippen LogP contribution in [0.25, 0.3) is 0 Å². The average molecular weight is 461 g/mol. The van der Waals surface area contributed by atoms with Crippen LogP contribution in [-0.4, -0.2) is 39.5 Å². The highest BCUT2D eigenvalue weighted by Crippen LogP contribution is 2.41. The molecule has 0 saturated carbocycles. The summed E-state index contributed by atoms with van der Waals surface area (Å²) in [6.45, 7) is 17.9. The Bertz CT molecular complexity index is 719. The lowest BCUT2D eigenvalue weighted by atomic mass is 9.89. The van der Waals surface area contributed by atoms with E-state index in [1.165, 1.54) is 11.1 Å². The molecule has 0 N–H and O–H groups in total. The molecule has 0 radical (unpaired) electrons. The van der Waals surface area contributed by atoms with E-state index in [0.717, 1.165) is 58.2 Å².